The fourth-order valence-electron chi connectivity index (χ4n) is 2.09. The molecule has 0 radical (unpaired) electrons. The number of aliphatic carboxylic acids is 1. The molecule has 0 unspecified atom stereocenters. The zero-order chi connectivity index (χ0) is 13.3. The van der Waals surface area contributed by atoms with E-state index in [0.29, 0.717) is 5.75 Å². The van der Waals surface area contributed by atoms with Crippen LogP contribution in [-0.4, -0.2) is 53.3 Å². The first-order chi connectivity index (χ1) is 8.54. The molecule has 2 rings (SSSR count). The number of urea groups is 2. The second kappa shape index (κ2) is 4.92. The molecule has 9 heteroatoms. The molecule has 0 aromatic heterocycles. The highest BCUT2D eigenvalue weighted by molar-refractivity contribution is 7.98. The summed E-state index contributed by atoms with van der Waals surface area (Å²) in [6.07, 6.45) is 0.838. The first-order valence-corrected chi connectivity index (χ1v) is 6.79. The van der Waals surface area contributed by atoms with Gasteiger partial charge >= 0.3 is 12.1 Å². The smallest absolute Gasteiger partial charge is 0.321 e. The predicted octanol–water partition coefficient (Wildman–Crippen LogP) is -2.15. The van der Waals surface area contributed by atoms with Gasteiger partial charge in [-0.2, -0.15) is 11.8 Å². The van der Waals surface area contributed by atoms with Gasteiger partial charge in [0.25, 0.3) is 0 Å². The van der Waals surface area contributed by atoms with Crippen LogP contribution >= 0.6 is 11.8 Å². The molecule has 2 fully saturated rings. The topological polar surface area (TPSA) is 114 Å². The van der Waals surface area contributed by atoms with Gasteiger partial charge in [-0.3, -0.25) is 4.90 Å². The van der Waals surface area contributed by atoms with Crippen LogP contribution in [0.2, 0.25) is 0 Å². The van der Waals surface area contributed by atoms with E-state index in [4.69, 9.17) is 0 Å². The highest BCUT2D eigenvalue weighted by atomic mass is 32.2. The lowest BCUT2D eigenvalue weighted by molar-refractivity contribution is -0.311. The Labute approximate surface area is 107 Å². The van der Waals surface area contributed by atoms with Gasteiger partial charge in [0, 0.05) is 0 Å². The number of amides is 4. The molecule has 0 aromatic carbocycles. The minimum atomic E-state index is -1.32. The molecule has 2 aliphatic heterocycles. The molecule has 0 bridgehead atoms. The lowest BCUT2D eigenvalue weighted by Gasteiger charge is -2.31. The third-order valence-electron chi connectivity index (χ3n) is 2.90. The highest BCUT2D eigenvalue weighted by Gasteiger charge is 2.48. The molecule has 0 aliphatic carbocycles. The SMILES string of the molecule is CSCC[C@H](C(=O)[O-])N1C(=O)N[C@@H]2NC(=O)N[C@@H]21. The molecule has 3 N–H and O–H groups in total. The molecule has 4 amide bonds. The van der Waals surface area contributed by atoms with Gasteiger partial charge in [0.2, 0.25) is 0 Å². The maximum Gasteiger partial charge on any atom is 0.321 e. The van der Waals surface area contributed by atoms with Crippen molar-refractivity contribution in [3.05, 3.63) is 0 Å². The van der Waals surface area contributed by atoms with Crippen molar-refractivity contribution in [2.24, 2.45) is 0 Å². The Morgan fingerprint density at radius 1 is 1.44 bits per heavy atom. The molecule has 2 aliphatic rings. The Hall–Kier alpha value is -1.64. The molecule has 0 aromatic rings. The van der Waals surface area contributed by atoms with E-state index < -0.39 is 36.4 Å². The van der Waals surface area contributed by atoms with E-state index in [0.717, 1.165) is 4.90 Å². The average molecular weight is 273 g/mol. The number of carboxylic acids is 1. The Kier molecular flexibility index (Phi) is 3.50. The van der Waals surface area contributed by atoms with Crippen LogP contribution in [0.1, 0.15) is 6.42 Å². The lowest BCUT2D eigenvalue weighted by Crippen LogP contribution is -2.55. The Morgan fingerprint density at radius 3 is 2.78 bits per heavy atom. The summed E-state index contributed by atoms with van der Waals surface area (Å²) in [4.78, 5) is 35.1. The maximum atomic E-state index is 11.7. The summed E-state index contributed by atoms with van der Waals surface area (Å²) >= 11 is 1.48. The molecular formula is C9H13N4O4S-. The molecule has 8 nitrogen and oxygen atoms in total. The zero-order valence-corrected chi connectivity index (χ0v) is 10.5. The van der Waals surface area contributed by atoms with Crippen LogP contribution in [0.15, 0.2) is 0 Å². The van der Waals surface area contributed by atoms with Gasteiger partial charge in [0.05, 0.1) is 12.0 Å². The van der Waals surface area contributed by atoms with E-state index >= 15 is 0 Å². The van der Waals surface area contributed by atoms with Crippen LogP contribution < -0.4 is 21.1 Å². The maximum absolute atomic E-state index is 11.7. The molecule has 0 spiro atoms. The lowest BCUT2D eigenvalue weighted by atomic mass is 10.2. The van der Waals surface area contributed by atoms with Crippen molar-refractivity contribution >= 4 is 29.8 Å². The highest BCUT2D eigenvalue weighted by Crippen LogP contribution is 2.19. The normalized spacial score (nSPS) is 27.3. The monoisotopic (exact) mass is 273 g/mol. The van der Waals surface area contributed by atoms with Crippen molar-refractivity contribution < 1.29 is 19.5 Å². The summed E-state index contributed by atoms with van der Waals surface area (Å²) in [6.45, 7) is 0. The number of hydrogen-bond acceptors (Lipinski definition) is 5. The van der Waals surface area contributed by atoms with E-state index in [2.05, 4.69) is 16.0 Å². The fraction of sp³-hybridized carbons (Fsp3) is 0.667. The number of nitrogens with one attached hydrogen (secondary N) is 3. The Bertz CT molecular complexity index is 391. The van der Waals surface area contributed by atoms with Crippen LogP contribution in [0.4, 0.5) is 9.59 Å². The third kappa shape index (κ3) is 2.17. The van der Waals surface area contributed by atoms with Crippen molar-refractivity contribution in [3.8, 4) is 0 Å². The standard InChI is InChI=1S/C9H14N4O4S/c1-18-3-2-4(7(14)15)13-6-5(11-9(13)17)10-8(16)12-6/h4-6H,2-3H2,1H3,(H,11,17)(H,14,15)(H2,10,12,16)/p-1/t4-,5+,6-/m1/s1. The van der Waals surface area contributed by atoms with Gasteiger partial charge in [-0.25, -0.2) is 9.59 Å². The van der Waals surface area contributed by atoms with Gasteiger partial charge in [-0.15, -0.1) is 0 Å². The molecule has 3 atom stereocenters. The Morgan fingerprint density at radius 2 is 2.17 bits per heavy atom. The van der Waals surface area contributed by atoms with Crippen LogP contribution in [0.25, 0.3) is 0 Å². The first-order valence-electron chi connectivity index (χ1n) is 5.40. The van der Waals surface area contributed by atoms with E-state index in [1.165, 1.54) is 11.8 Å². The number of thioether (sulfide) groups is 1. The van der Waals surface area contributed by atoms with Crippen molar-refractivity contribution in [1.82, 2.24) is 20.9 Å². The molecular weight excluding hydrogens is 260 g/mol. The zero-order valence-electron chi connectivity index (χ0n) is 9.63. The first kappa shape index (κ1) is 12.8. The molecule has 18 heavy (non-hydrogen) atoms. The van der Waals surface area contributed by atoms with Gasteiger partial charge in [0.1, 0.15) is 12.3 Å². The summed E-state index contributed by atoms with van der Waals surface area (Å²) in [5, 5.41) is 18.6. The number of carbonyl (C=O) groups excluding carboxylic acids is 3. The van der Waals surface area contributed by atoms with Crippen LogP contribution in [0.3, 0.4) is 0 Å². The second-order valence-electron chi connectivity index (χ2n) is 4.01. The summed E-state index contributed by atoms with van der Waals surface area (Å²) in [7, 11) is 0. The van der Waals surface area contributed by atoms with Gasteiger partial charge in [0.15, 0.2) is 0 Å². The molecule has 2 saturated heterocycles. The van der Waals surface area contributed by atoms with E-state index in [1.807, 2.05) is 6.26 Å². The van der Waals surface area contributed by atoms with Crippen LogP contribution in [0, 0.1) is 0 Å². The van der Waals surface area contributed by atoms with E-state index in [-0.39, 0.29) is 6.42 Å². The molecule has 100 valence electrons. The number of hydrogen-bond donors (Lipinski definition) is 3. The average Bonchev–Trinajstić information content (AvgIpc) is 2.76. The summed E-state index contributed by atoms with van der Waals surface area (Å²) < 4.78 is 0. The fourth-order valence-corrected chi connectivity index (χ4v) is 2.55. The van der Waals surface area contributed by atoms with Crippen molar-refractivity contribution in [2.75, 3.05) is 12.0 Å². The van der Waals surface area contributed by atoms with Gasteiger partial charge < -0.3 is 25.9 Å². The van der Waals surface area contributed by atoms with E-state index in [9.17, 15) is 19.5 Å². The molecule has 0 saturated carbocycles. The van der Waals surface area contributed by atoms with Crippen LogP contribution in [-0.2, 0) is 4.79 Å². The predicted molar refractivity (Wildman–Crippen MR) is 61.4 cm³/mol. The summed E-state index contributed by atoms with van der Waals surface area (Å²) in [6, 6.07) is -2.00. The van der Waals surface area contributed by atoms with Gasteiger partial charge in [-0.1, -0.05) is 0 Å². The molecule has 2 heterocycles. The quantitative estimate of drug-likeness (QED) is 0.528. The van der Waals surface area contributed by atoms with E-state index in [1.54, 1.807) is 0 Å². The number of carbonyl (C=O) groups is 3. The third-order valence-corrected chi connectivity index (χ3v) is 3.54. The summed E-state index contributed by atoms with van der Waals surface area (Å²) in [5.74, 6) is -0.734. The van der Waals surface area contributed by atoms with Gasteiger partial charge in [-0.05, 0) is 18.4 Å². The minimum absolute atomic E-state index is 0.274. The largest absolute Gasteiger partial charge is 0.548 e. The number of rotatable bonds is 5. The second-order valence-corrected chi connectivity index (χ2v) is 5.00. The number of carboxylic acid groups (broad SMARTS) is 1. The minimum Gasteiger partial charge on any atom is -0.548 e. The van der Waals surface area contributed by atoms with Crippen molar-refractivity contribution in [2.45, 2.75) is 24.8 Å². The summed E-state index contributed by atoms with van der Waals surface area (Å²) in [5.41, 5.74) is 0. The van der Waals surface area contributed by atoms with Crippen molar-refractivity contribution in [1.29, 1.82) is 0 Å². The number of nitrogens with zero attached hydrogens (tertiary/aromatic N) is 1. The van der Waals surface area contributed by atoms with Crippen molar-refractivity contribution in [3.63, 3.8) is 0 Å². The Balaban J connectivity index is 2.15. The van der Waals surface area contributed by atoms with Crippen LogP contribution in [0.5, 0.6) is 0 Å². The number of fused-ring (bicyclic) bond motifs is 1.